The van der Waals surface area contributed by atoms with Crippen molar-refractivity contribution in [2.45, 2.75) is 13.0 Å². The Morgan fingerprint density at radius 2 is 2.00 bits per heavy atom. The van der Waals surface area contributed by atoms with E-state index in [9.17, 15) is 4.79 Å². The van der Waals surface area contributed by atoms with E-state index in [-0.39, 0.29) is 29.4 Å². The van der Waals surface area contributed by atoms with Crippen molar-refractivity contribution in [1.29, 1.82) is 0 Å². The van der Waals surface area contributed by atoms with Crippen LogP contribution in [0.1, 0.15) is 11.3 Å². The molecular formula is C19H19ClIN3O. The maximum absolute atomic E-state index is 13.0. The molecule has 0 spiro atoms. The molecule has 0 unspecified atom stereocenters. The smallest absolute Gasteiger partial charge is 0.200 e. The van der Waals surface area contributed by atoms with Crippen LogP contribution < -0.4 is 29.4 Å². The minimum Gasteiger partial charge on any atom is -1.00 e. The van der Waals surface area contributed by atoms with Crippen molar-refractivity contribution in [3.8, 4) is 5.69 Å². The summed E-state index contributed by atoms with van der Waals surface area (Å²) in [7, 11) is 4.33. The van der Waals surface area contributed by atoms with Crippen LogP contribution in [0.15, 0.2) is 47.4 Å². The van der Waals surface area contributed by atoms with Crippen LogP contribution in [0.5, 0.6) is 0 Å². The molecule has 6 heteroatoms. The third kappa shape index (κ3) is 3.20. The van der Waals surface area contributed by atoms with Gasteiger partial charge >= 0.3 is 0 Å². The number of pyridine rings is 2. The Labute approximate surface area is 168 Å². The highest BCUT2D eigenvalue weighted by molar-refractivity contribution is 6.30. The van der Waals surface area contributed by atoms with Crippen molar-refractivity contribution >= 4 is 22.6 Å². The molecule has 3 heterocycles. The van der Waals surface area contributed by atoms with Gasteiger partial charge in [0.25, 0.3) is 0 Å². The lowest BCUT2D eigenvalue weighted by Crippen LogP contribution is -3.00. The monoisotopic (exact) mass is 467 g/mol. The lowest BCUT2D eigenvalue weighted by Gasteiger charge is -2.35. The predicted octanol–water partition coefficient (Wildman–Crippen LogP) is 0.176. The molecule has 1 aliphatic heterocycles. The molecule has 4 nitrogen and oxygen atoms in total. The van der Waals surface area contributed by atoms with Crippen LogP contribution in [-0.4, -0.2) is 34.7 Å². The summed E-state index contributed by atoms with van der Waals surface area (Å²) in [5.74, 6) is 0. The van der Waals surface area contributed by atoms with Crippen molar-refractivity contribution in [2.24, 2.45) is 0 Å². The molecule has 0 bridgehead atoms. The number of halogens is 2. The Morgan fingerprint density at radius 3 is 2.76 bits per heavy atom. The number of aromatic nitrogens is 2. The molecule has 0 saturated heterocycles. The van der Waals surface area contributed by atoms with E-state index in [1.54, 1.807) is 6.20 Å². The van der Waals surface area contributed by atoms with E-state index in [0.717, 1.165) is 40.9 Å². The van der Waals surface area contributed by atoms with Gasteiger partial charge in [-0.2, -0.15) is 0 Å². The number of hydrogen-bond acceptors (Lipinski definition) is 2. The Bertz CT molecular complexity index is 1010. The molecule has 0 radical (unpaired) electrons. The summed E-state index contributed by atoms with van der Waals surface area (Å²) in [5.41, 5.74) is 3.72. The third-order valence-electron chi connectivity index (χ3n) is 4.74. The van der Waals surface area contributed by atoms with Crippen molar-refractivity contribution in [1.82, 2.24) is 9.55 Å². The lowest BCUT2D eigenvalue weighted by molar-refractivity contribution is -0.905. The van der Waals surface area contributed by atoms with Gasteiger partial charge in [0, 0.05) is 29.0 Å². The number of benzene rings is 1. The maximum Gasteiger partial charge on any atom is 0.200 e. The highest BCUT2D eigenvalue weighted by Gasteiger charge is 2.30. The zero-order valence-electron chi connectivity index (χ0n) is 14.2. The van der Waals surface area contributed by atoms with E-state index in [0.29, 0.717) is 16.1 Å². The molecular weight excluding hydrogens is 449 g/mol. The predicted molar refractivity (Wildman–Crippen MR) is 96.7 cm³/mol. The first kappa shape index (κ1) is 18.4. The fraction of sp³-hybridized carbons (Fsp3) is 0.263. The molecule has 1 aliphatic rings. The van der Waals surface area contributed by atoms with Gasteiger partial charge in [-0.3, -0.25) is 9.36 Å². The largest absolute Gasteiger partial charge is 1.00 e. The third-order valence-corrected chi connectivity index (χ3v) is 4.98. The van der Waals surface area contributed by atoms with Crippen LogP contribution in [0, 0.1) is 0 Å². The van der Waals surface area contributed by atoms with Gasteiger partial charge in [-0.1, -0.05) is 17.7 Å². The summed E-state index contributed by atoms with van der Waals surface area (Å²) in [6.45, 7) is 1.73. The van der Waals surface area contributed by atoms with Crippen LogP contribution in [0.4, 0.5) is 0 Å². The molecule has 2 aromatic heterocycles. The second-order valence-electron chi connectivity index (χ2n) is 7.01. The summed E-state index contributed by atoms with van der Waals surface area (Å²) >= 11 is 6.21. The first-order valence-electron chi connectivity index (χ1n) is 8.06. The van der Waals surface area contributed by atoms with Gasteiger partial charge in [0.1, 0.15) is 12.2 Å². The molecule has 130 valence electrons. The number of likely N-dealkylation sites (N-methyl/N-ethyl adjacent to an activating group) is 1. The van der Waals surface area contributed by atoms with Gasteiger partial charge in [0.05, 0.1) is 31.6 Å². The van der Waals surface area contributed by atoms with Crippen molar-refractivity contribution < 1.29 is 28.5 Å². The molecule has 25 heavy (non-hydrogen) atoms. The van der Waals surface area contributed by atoms with Gasteiger partial charge in [-0.25, -0.2) is 4.98 Å². The van der Waals surface area contributed by atoms with Crippen LogP contribution in [0.25, 0.3) is 16.7 Å². The number of quaternary nitrogens is 1. The molecule has 0 amide bonds. The summed E-state index contributed by atoms with van der Waals surface area (Å²) in [6.07, 6.45) is 2.58. The minimum atomic E-state index is 0. The van der Waals surface area contributed by atoms with Gasteiger partial charge in [0.15, 0.2) is 5.43 Å². The Morgan fingerprint density at radius 1 is 1.20 bits per heavy atom. The summed E-state index contributed by atoms with van der Waals surface area (Å²) in [5, 5.41) is 1.34. The second-order valence-corrected chi connectivity index (χ2v) is 7.45. The molecule has 0 saturated carbocycles. The van der Waals surface area contributed by atoms with Gasteiger partial charge in [0.2, 0.25) is 0 Å². The topological polar surface area (TPSA) is 34.9 Å². The Hall–Kier alpha value is -1.44. The Kier molecular flexibility index (Phi) is 4.92. The van der Waals surface area contributed by atoms with E-state index in [1.165, 1.54) is 0 Å². The number of hydrogen-bond donors (Lipinski definition) is 0. The quantitative estimate of drug-likeness (QED) is 0.378. The first-order valence-corrected chi connectivity index (χ1v) is 8.43. The minimum absolute atomic E-state index is 0. The van der Waals surface area contributed by atoms with E-state index in [4.69, 9.17) is 11.6 Å². The molecule has 1 aromatic carbocycles. The molecule has 0 N–H and O–H groups in total. The van der Waals surface area contributed by atoms with Crippen molar-refractivity contribution in [3.63, 3.8) is 0 Å². The lowest BCUT2D eigenvalue weighted by atomic mass is 10.0. The van der Waals surface area contributed by atoms with E-state index < -0.39 is 0 Å². The van der Waals surface area contributed by atoms with E-state index >= 15 is 0 Å². The number of fused-ring (bicyclic) bond motifs is 2. The molecule has 0 atom stereocenters. The summed E-state index contributed by atoms with van der Waals surface area (Å²) < 4.78 is 2.93. The fourth-order valence-corrected chi connectivity index (χ4v) is 3.73. The van der Waals surface area contributed by atoms with Crippen LogP contribution in [0.2, 0.25) is 5.02 Å². The average Bonchev–Trinajstić information content (AvgIpc) is 2.55. The maximum atomic E-state index is 13.0. The zero-order valence-corrected chi connectivity index (χ0v) is 17.1. The van der Waals surface area contributed by atoms with Crippen LogP contribution in [-0.2, 0) is 13.0 Å². The normalized spacial score (nSPS) is 15.5. The molecule has 3 aromatic rings. The van der Waals surface area contributed by atoms with Gasteiger partial charge < -0.3 is 28.5 Å². The second kappa shape index (κ2) is 6.70. The van der Waals surface area contributed by atoms with Crippen molar-refractivity contribution in [3.05, 3.63) is 69.1 Å². The zero-order chi connectivity index (χ0) is 16.9. The van der Waals surface area contributed by atoms with Gasteiger partial charge in [-0.15, -0.1) is 0 Å². The average molecular weight is 468 g/mol. The van der Waals surface area contributed by atoms with Gasteiger partial charge in [-0.05, 0) is 30.3 Å². The Balaban J connectivity index is 0.00000182. The SMILES string of the molecule is C[N+]1(C)CCc2c(c(=O)c3cccnc3n2-c2cccc(Cl)c2)C1.[I-]. The summed E-state index contributed by atoms with van der Waals surface area (Å²) in [4.78, 5) is 17.5. The van der Waals surface area contributed by atoms with E-state index in [2.05, 4.69) is 23.6 Å². The first-order chi connectivity index (χ1) is 11.5. The van der Waals surface area contributed by atoms with Crippen LogP contribution >= 0.6 is 11.6 Å². The summed E-state index contributed by atoms with van der Waals surface area (Å²) in [6, 6.07) is 11.4. The fourth-order valence-electron chi connectivity index (χ4n) is 3.54. The molecule has 0 fully saturated rings. The molecule has 4 rings (SSSR count). The standard InChI is InChI=1S/C19H19ClN3O.HI/c1-23(2)10-8-17-16(12-23)18(24)15-7-4-9-21-19(15)22(17)14-6-3-5-13(20)11-14;/h3-7,9,11H,8,10,12H2,1-2H3;1H/q+1;/p-1. The highest BCUT2D eigenvalue weighted by Crippen LogP contribution is 2.27. The van der Waals surface area contributed by atoms with Crippen LogP contribution in [0.3, 0.4) is 0 Å². The molecule has 0 aliphatic carbocycles. The van der Waals surface area contributed by atoms with Crippen molar-refractivity contribution in [2.75, 3.05) is 20.6 Å². The van der Waals surface area contributed by atoms with E-state index in [1.807, 2.05) is 36.4 Å². The number of rotatable bonds is 1. The number of nitrogens with zero attached hydrogens (tertiary/aromatic N) is 3. The highest BCUT2D eigenvalue weighted by atomic mass is 127.